The van der Waals surface area contributed by atoms with Crippen LogP contribution < -0.4 is 5.56 Å². The number of amides is 1. The van der Waals surface area contributed by atoms with Crippen LogP contribution in [0.25, 0.3) is 11.3 Å². The first-order chi connectivity index (χ1) is 12.7. The zero-order valence-corrected chi connectivity index (χ0v) is 15.1. The van der Waals surface area contributed by atoms with Gasteiger partial charge in [-0.25, -0.2) is 4.68 Å². The smallest absolute Gasteiger partial charge is 0.267 e. The van der Waals surface area contributed by atoms with Gasteiger partial charge in [0.2, 0.25) is 5.91 Å². The Morgan fingerprint density at radius 2 is 1.73 bits per heavy atom. The van der Waals surface area contributed by atoms with E-state index in [0.29, 0.717) is 11.1 Å². The first-order valence-corrected chi connectivity index (χ1v) is 9.57. The van der Waals surface area contributed by atoms with Crippen molar-refractivity contribution in [1.29, 1.82) is 0 Å². The molecule has 5 heteroatoms. The molecule has 4 rings (SSSR count). The van der Waals surface area contributed by atoms with Gasteiger partial charge in [-0.2, -0.15) is 5.10 Å². The van der Waals surface area contributed by atoms with E-state index in [1.165, 1.54) is 42.9 Å². The molecule has 136 valence electrons. The van der Waals surface area contributed by atoms with E-state index >= 15 is 0 Å². The number of hydrogen-bond acceptors (Lipinski definition) is 3. The van der Waals surface area contributed by atoms with E-state index in [9.17, 15) is 9.59 Å². The standard InChI is InChI=1S/C21H25N3O2/c25-19-10-9-18(17-7-2-1-3-8-17)22-24(19)15-20(26)23-14-6-13-21(16-23)11-4-5-12-21/h1-3,7-10H,4-6,11-16H2. The van der Waals surface area contributed by atoms with Crippen LogP contribution in [-0.2, 0) is 11.3 Å². The average molecular weight is 351 g/mol. The molecule has 0 unspecified atom stereocenters. The summed E-state index contributed by atoms with van der Waals surface area (Å²) in [5.74, 6) is 0.00999. The SMILES string of the molecule is O=C(Cn1nc(-c2ccccc2)ccc1=O)N1CCCC2(CCCC2)C1. The molecule has 1 aromatic heterocycles. The molecule has 2 aliphatic rings. The van der Waals surface area contributed by atoms with Gasteiger partial charge in [-0.1, -0.05) is 43.2 Å². The fourth-order valence-corrected chi connectivity index (χ4v) is 4.51. The van der Waals surface area contributed by atoms with Crippen molar-refractivity contribution in [2.45, 2.75) is 45.1 Å². The number of piperidine rings is 1. The van der Waals surface area contributed by atoms with Crippen molar-refractivity contribution in [3.05, 3.63) is 52.8 Å². The molecule has 26 heavy (non-hydrogen) atoms. The topological polar surface area (TPSA) is 55.2 Å². The molecule has 1 saturated heterocycles. The minimum absolute atomic E-state index is 0.00999. The summed E-state index contributed by atoms with van der Waals surface area (Å²) in [5, 5.41) is 4.42. The summed E-state index contributed by atoms with van der Waals surface area (Å²) in [6.07, 6.45) is 7.33. The maximum atomic E-state index is 12.8. The van der Waals surface area contributed by atoms with Crippen molar-refractivity contribution < 1.29 is 4.79 Å². The molecule has 0 bridgehead atoms. The van der Waals surface area contributed by atoms with Crippen molar-refractivity contribution in [1.82, 2.24) is 14.7 Å². The Bertz CT molecular complexity index is 838. The molecule has 1 aliphatic heterocycles. The van der Waals surface area contributed by atoms with Gasteiger partial charge in [0.1, 0.15) is 6.54 Å². The molecule has 1 aliphatic carbocycles. The van der Waals surface area contributed by atoms with Gasteiger partial charge < -0.3 is 4.90 Å². The van der Waals surface area contributed by atoms with Crippen molar-refractivity contribution in [3.63, 3.8) is 0 Å². The van der Waals surface area contributed by atoms with E-state index in [4.69, 9.17) is 0 Å². The molecule has 1 spiro atoms. The number of nitrogens with zero attached hydrogens (tertiary/aromatic N) is 3. The van der Waals surface area contributed by atoms with E-state index in [0.717, 1.165) is 25.1 Å². The summed E-state index contributed by atoms with van der Waals surface area (Å²) in [6.45, 7) is 1.67. The van der Waals surface area contributed by atoms with Crippen molar-refractivity contribution in [2.75, 3.05) is 13.1 Å². The second-order valence-corrected chi connectivity index (χ2v) is 7.71. The molecule has 1 aromatic carbocycles. The molecule has 2 heterocycles. The van der Waals surface area contributed by atoms with Crippen molar-refractivity contribution in [3.8, 4) is 11.3 Å². The molecule has 0 atom stereocenters. The lowest BCUT2D eigenvalue weighted by Gasteiger charge is -2.40. The van der Waals surface area contributed by atoms with E-state index in [2.05, 4.69) is 5.10 Å². The maximum absolute atomic E-state index is 12.8. The Morgan fingerprint density at radius 3 is 2.50 bits per heavy atom. The molecule has 1 saturated carbocycles. The number of aromatic nitrogens is 2. The lowest BCUT2D eigenvalue weighted by Crippen LogP contribution is -2.47. The highest BCUT2D eigenvalue weighted by molar-refractivity contribution is 5.76. The van der Waals surface area contributed by atoms with Gasteiger partial charge in [0.05, 0.1) is 5.69 Å². The van der Waals surface area contributed by atoms with Gasteiger partial charge in [0.15, 0.2) is 0 Å². The van der Waals surface area contributed by atoms with Crippen LogP contribution in [0.4, 0.5) is 0 Å². The fraction of sp³-hybridized carbons (Fsp3) is 0.476. The van der Waals surface area contributed by atoms with Crippen LogP contribution in [0.15, 0.2) is 47.3 Å². The first-order valence-electron chi connectivity index (χ1n) is 9.57. The summed E-state index contributed by atoms with van der Waals surface area (Å²) in [6, 6.07) is 12.9. The predicted molar refractivity (Wildman–Crippen MR) is 101 cm³/mol. The first kappa shape index (κ1) is 17.0. The van der Waals surface area contributed by atoms with Gasteiger partial charge in [0, 0.05) is 24.7 Å². The molecule has 0 radical (unpaired) electrons. The normalized spacial score (nSPS) is 19.0. The summed E-state index contributed by atoms with van der Waals surface area (Å²) in [7, 11) is 0. The lowest BCUT2D eigenvalue weighted by molar-refractivity contribution is -0.135. The molecule has 1 amide bonds. The summed E-state index contributed by atoms with van der Waals surface area (Å²) in [5.41, 5.74) is 1.75. The van der Waals surface area contributed by atoms with E-state index in [1.54, 1.807) is 6.07 Å². The van der Waals surface area contributed by atoms with Gasteiger partial charge >= 0.3 is 0 Å². The predicted octanol–water partition coefficient (Wildman–Crippen LogP) is 3.09. The lowest BCUT2D eigenvalue weighted by atomic mass is 9.78. The van der Waals surface area contributed by atoms with Gasteiger partial charge in [0.25, 0.3) is 5.56 Å². The monoisotopic (exact) mass is 351 g/mol. The highest BCUT2D eigenvalue weighted by Crippen LogP contribution is 2.44. The molecule has 2 fully saturated rings. The average Bonchev–Trinajstić information content (AvgIpc) is 3.11. The highest BCUT2D eigenvalue weighted by atomic mass is 16.2. The number of carbonyl (C=O) groups excluding carboxylic acids is 1. The molecular formula is C21H25N3O2. The zero-order valence-electron chi connectivity index (χ0n) is 15.1. The summed E-state index contributed by atoms with van der Waals surface area (Å²) in [4.78, 5) is 27.0. The molecular weight excluding hydrogens is 326 g/mol. The number of likely N-dealkylation sites (tertiary alicyclic amines) is 1. The van der Waals surface area contributed by atoms with Gasteiger partial charge in [-0.15, -0.1) is 0 Å². The quantitative estimate of drug-likeness (QED) is 0.854. The van der Waals surface area contributed by atoms with Gasteiger partial charge in [-0.3, -0.25) is 9.59 Å². The maximum Gasteiger partial charge on any atom is 0.267 e. The largest absolute Gasteiger partial charge is 0.341 e. The molecule has 2 aromatic rings. The van der Waals surface area contributed by atoms with E-state index < -0.39 is 0 Å². The van der Waals surface area contributed by atoms with Crippen LogP contribution in [0.1, 0.15) is 38.5 Å². The second kappa shape index (κ2) is 7.06. The van der Waals surface area contributed by atoms with Crippen molar-refractivity contribution in [2.24, 2.45) is 5.41 Å². The Balaban J connectivity index is 1.51. The summed E-state index contributed by atoms with van der Waals surface area (Å²) >= 11 is 0. The Kier molecular flexibility index (Phi) is 4.62. The third kappa shape index (κ3) is 3.43. The Labute approximate surface area is 153 Å². The third-order valence-electron chi connectivity index (χ3n) is 5.90. The fourth-order valence-electron chi connectivity index (χ4n) is 4.51. The second-order valence-electron chi connectivity index (χ2n) is 7.71. The minimum atomic E-state index is -0.231. The van der Waals surface area contributed by atoms with Crippen LogP contribution in [-0.4, -0.2) is 33.7 Å². The Hall–Kier alpha value is -2.43. The van der Waals surface area contributed by atoms with Crippen LogP contribution in [0.2, 0.25) is 0 Å². The van der Waals surface area contributed by atoms with Crippen LogP contribution in [0.5, 0.6) is 0 Å². The number of hydrogen-bond donors (Lipinski definition) is 0. The number of benzene rings is 1. The van der Waals surface area contributed by atoms with E-state index in [-0.39, 0.29) is 18.0 Å². The third-order valence-corrected chi connectivity index (χ3v) is 5.90. The minimum Gasteiger partial charge on any atom is -0.341 e. The highest BCUT2D eigenvalue weighted by Gasteiger charge is 2.39. The molecule has 0 N–H and O–H groups in total. The van der Waals surface area contributed by atoms with Crippen LogP contribution in [0.3, 0.4) is 0 Å². The van der Waals surface area contributed by atoms with Crippen molar-refractivity contribution >= 4 is 5.91 Å². The number of rotatable bonds is 3. The Morgan fingerprint density at radius 1 is 1.00 bits per heavy atom. The zero-order chi connectivity index (χ0) is 18.0. The van der Waals surface area contributed by atoms with Gasteiger partial charge in [-0.05, 0) is 37.2 Å². The van der Waals surface area contributed by atoms with Crippen LogP contribution in [0, 0.1) is 5.41 Å². The summed E-state index contributed by atoms with van der Waals surface area (Å²) < 4.78 is 1.31. The van der Waals surface area contributed by atoms with Crippen LogP contribution >= 0.6 is 0 Å². The number of carbonyl (C=O) groups is 1. The van der Waals surface area contributed by atoms with E-state index in [1.807, 2.05) is 35.2 Å². The molecule has 5 nitrogen and oxygen atoms in total.